The quantitative estimate of drug-likeness (QED) is 0.864. The summed E-state index contributed by atoms with van der Waals surface area (Å²) in [5, 5.41) is 0.369. The van der Waals surface area contributed by atoms with Crippen LogP contribution in [0.15, 0.2) is 34.9 Å². The van der Waals surface area contributed by atoms with Gasteiger partial charge < -0.3 is 10.2 Å². The molecule has 84 valence electrons. The number of furan rings is 1. The van der Waals surface area contributed by atoms with Crippen molar-refractivity contribution in [1.82, 2.24) is 0 Å². The first kappa shape index (κ1) is 11.2. The number of hydrogen-bond donors (Lipinski definition) is 1. The van der Waals surface area contributed by atoms with E-state index in [-0.39, 0.29) is 6.04 Å². The SMILES string of the molecule is Cc1cccc(C(N)c2ccoc2Cl)c1C. The van der Waals surface area contributed by atoms with E-state index in [4.69, 9.17) is 21.8 Å². The van der Waals surface area contributed by atoms with Gasteiger partial charge in [0, 0.05) is 5.56 Å². The summed E-state index contributed by atoms with van der Waals surface area (Å²) in [5.74, 6) is 0. The fourth-order valence-electron chi connectivity index (χ4n) is 1.80. The molecule has 0 fully saturated rings. The highest BCUT2D eigenvalue weighted by Gasteiger charge is 2.16. The molecular weight excluding hydrogens is 222 g/mol. The van der Waals surface area contributed by atoms with Gasteiger partial charge >= 0.3 is 0 Å². The lowest BCUT2D eigenvalue weighted by Crippen LogP contribution is -2.13. The summed E-state index contributed by atoms with van der Waals surface area (Å²) in [6.45, 7) is 4.14. The van der Waals surface area contributed by atoms with Crippen molar-refractivity contribution in [2.75, 3.05) is 0 Å². The van der Waals surface area contributed by atoms with E-state index in [1.165, 1.54) is 11.1 Å². The summed E-state index contributed by atoms with van der Waals surface area (Å²) in [6.07, 6.45) is 1.56. The van der Waals surface area contributed by atoms with Gasteiger partial charge in [-0.25, -0.2) is 0 Å². The molecule has 1 heterocycles. The molecular formula is C13H14ClNO. The number of rotatable bonds is 2. The maximum Gasteiger partial charge on any atom is 0.198 e. The third-order valence-corrected chi connectivity index (χ3v) is 3.27. The van der Waals surface area contributed by atoms with Crippen LogP contribution in [-0.2, 0) is 0 Å². The maximum atomic E-state index is 6.19. The van der Waals surface area contributed by atoms with E-state index in [1.807, 2.05) is 18.2 Å². The Labute approximate surface area is 100 Å². The Morgan fingerprint density at radius 2 is 1.94 bits per heavy atom. The summed E-state index contributed by atoms with van der Waals surface area (Å²) < 4.78 is 5.06. The predicted octanol–water partition coefficient (Wildman–Crippen LogP) is 3.60. The summed E-state index contributed by atoms with van der Waals surface area (Å²) in [4.78, 5) is 0. The molecule has 1 aromatic heterocycles. The molecule has 0 aliphatic rings. The zero-order valence-corrected chi connectivity index (χ0v) is 10.1. The van der Waals surface area contributed by atoms with Crippen molar-refractivity contribution < 1.29 is 4.42 Å². The summed E-state index contributed by atoms with van der Waals surface area (Å²) in [5.41, 5.74) is 10.5. The Morgan fingerprint density at radius 3 is 2.56 bits per heavy atom. The number of hydrogen-bond acceptors (Lipinski definition) is 2. The average molecular weight is 236 g/mol. The zero-order chi connectivity index (χ0) is 11.7. The van der Waals surface area contributed by atoms with Crippen molar-refractivity contribution in [3.63, 3.8) is 0 Å². The lowest BCUT2D eigenvalue weighted by molar-refractivity contribution is 0.564. The van der Waals surface area contributed by atoms with Crippen molar-refractivity contribution in [2.24, 2.45) is 5.73 Å². The Morgan fingerprint density at radius 1 is 1.19 bits per heavy atom. The number of nitrogens with two attached hydrogens (primary N) is 1. The monoisotopic (exact) mass is 235 g/mol. The van der Waals surface area contributed by atoms with E-state index in [9.17, 15) is 0 Å². The summed E-state index contributed by atoms with van der Waals surface area (Å²) >= 11 is 5.93. The molecule has 0 radical (unpaired) electrons. The molecule has 0 amide bonds. The second-order valence-corrected chi connectivity index (χ2v) is 4.26. The molecule has 0 saturated carbocycles. The highest BCUT2D eigenvalue weighted by Crippen LogP contribution is 2.29. The smallest absolute Gasteiger partial charge is 0.198 e. The molecule has 0 aliphatic heterocycles. The number of halogens is 1. The average Bonchev–Trinajstić information content (AvgIpc) is 2.68. The Balaban J connectivity index is 2.46. The summed E-state index contributed by atoms with van der Waals surface area (Å²) in [7, 11) is 0. The molecule has 2 aromatic rings. The van der Waals surface area contributed by atoms with Gasteiger partial charge in [-0.3, -0.25) is 0 Å². The second kappa shape index (κ2) is 4.32. The van der Waals surface area contributed by atoms with Gasteiger partial charge in [-0.1, -0.05) is 18.2 Å². The van der Waals surface area contributed by atoms with Crippen molar-refractivity contribution in [3.05, 3.63) is 58.0 Å². The fourth-order valence-corrected chi connectivity index (χ4v) is 2.04. The van der Waals surface area contributed by atoms with Crippen molar-refractivity contribution in [1.29, 1.82) is 0 Å². The van der Waals surface area contributed by atoms with Gasteiger partial charge in [0.15, 0.2) is 5.22 Å². The fraction of sp³-hybridized carbons (Fsp3) is 0.231. The minimum atomic E-state index is -0.230. The minimum absolute atomic E-state index is 0.230. The zero-order valence-electron chi connectivity index (χ0n) is 9.33. The van der Waals surface area contributed by atoms with Gasteiger partial charge in [0.1, 0.15) is 0 Å². The topological polar surface area (TPSA) is 39.2 Å². The molecule has 0 bridgehead atoms. The molecule has 0 aliphatic carbocycles. The van der Waals surface area contributed by atoms with Crippen LogP contribution in [-0.4, -0.2) is 0 Å². The molecule has 1 aromatic carbocycles. The number of benzene rings is 1. The third kappa shape index (κ3) is 1.86. The van der Waals surface area contributed by atoms with E-state index in [1.54, 1.807) is 6.26 Å². The first-order chi connectivity index (χ1) is 7.61. The minimum Gasteiger partial charge on any atom is -0.453 e. The van der Waals surface area contributed by atoms with Crippen LogP contribution in [0.1, 0.15) is 28.3 Å². The van der Waals surface area contributed by atoms with Crippen LogP contribution in [0.25, 0.3) is 0 Å². The molecule has 2 N–H and O–H groups in total. The normalized spacial score (nSPS) is 12.8. The van der Waals surface area contributed by atoms with Crippen molar-refractivity contribution >= 4 is 11.6 Å². The maximum absolute atomic E-state index is 6.19. The molecule has 0 spiro atoms. The van der Waals surface area contributed by atoms with Crippen LogP contribution in [0.3, 0.4) is 0 Å². The second-order valence-electron chi connectivity index (χ2n) is 3.92. The van der Waals surface area contributed by atoms with Crippen molar-refractivity contribution in [3.8, 4) is 0 Å². The highest BCUT2D eigenvalue weighted by molar-refractivity contribution is 6.29. The Bertz CT molecular complexity index is 504. The van der Waals surface area contributed by atoms with Crippen LogP contribution in [0, 0.1) is 13.8 Å². The predicted molar refractivity (Wildman–Crippen MR) is 65.7 cm³/mol. The van der Waals surface area contributed by atoms with E-state index < -0.39 is 0 Å². The van der Waals surface area contributed by atoms with E-state index in [0.717, 1.165) is 11.1 Å². The van der Waals surface area contributed by atoms with Crippen molar-refractivity contribution in [2.45, 2.75) is 19.9 Å². The van der Waals surface area contributed by atoms with Gasteiger partial charge in [0.25, 0.3) is 0 Å². The standard InChI is InChI=1S/C13H14ClNO/c1-8-4-3-5-10(9(8)2)12(15)11-6-7-16-13(11)14/h3-7,12H,15H2,1-2H3. The van der Waals surface area contributed by atoms with Gasteiger partial charge in [0.2, 0.25) is 0 Å². The van der Waals surface area contributed by atoms with E-state index >= 15 is 0 Å². The Kier molecular flexibility index (Phi) is 3.03. The van der Waals surface area contributed by atoms with Gasteiger partial charge in [-0.2, -0.15) is 0 Å². The molecule has 1 atom stereocenters. The summed E-state index contributed by atoms with van der Waals surface area (Å²) in [6, 6.07) is 7.69. The van der Waals surface area contributed by atoms with Gasteiger partial charge in [-0.05, 0) is 48.2 Å². The first-order valence-corrected chi connectivity index (χ1v) is 5.53. The Hall–Kier alpha value is -1.25. The van der Waals surface area contributed by atoms with Crippen LogP contribution in [0.5, 0.6) is 0 Å². The van der Waals surface area contributed by atoms with E-state index in [2.05, 4.69) is 19.9 Å². The number of aryl methyl sites for hydroxylation is 1. The molecule has 2 nitrogen and oxygen atoms in total. The van der Waals surface area contributed by atoms with Crippen LogP contribution in [0.2, 0.25) is 5.22 Å². The molecule has 3 heteroatoms. The lowest BCUT2D eigenvalue weighted by atomic mass is 9.95. The molecule has 1 unspecified atom stereocenters. The van der Waals surface area contributed by atoms with E-state index in [0.29, 0.717) is 5.22 Å². The van der Waals surface area contributed by atoms with Crippen LogP contribution in [0.4, 0.5) is 0 Å². The molecule has 0 saturated heterocycles. The third-order valence-electron chi connectivity index (χ3n) is 2.96. The highest BCUT2D eigenvalue weighted by atomic mass is 35.5. The molecule has 16 heavy (non-hydrogen) atoms. The van der Waals surface area contributed by atoms with Gasteiger partial charge in [0.05, 0.1) is 12.3 Å². The van der Waals surface area contributed by atoms with Crippen LogP contribution >= 0.6 is 11.6 Å². The van der Waals surface area contributed by atoms with Gasteiger partial charge in [-0.15, -0.1) is 0 Å². The van der Waals surface area contributed by atoms with Crippen LogP contribution < -0.4 is 5.73 Å². The first-order valence-electron chi connectivity index (χ1n) is 5.16. The molecule has 2 rings (SSSR count). The lowest BCUT2D eigenvalue weighted by Gasteiger charge is -2.15. The largest absolute Gasteiger partial charge is 0.453 e.